The summed E-state index contributed by atoms with van der Waals surface area (Å²) in [5.74, 6) is 0.520. The van der Waals surface area contributed by atoms with E-state index in [9.17, 15) is 4.79 Å². The molecule has 1 N–H and O–H groups in total. The number of carbonyl (C=O) groups excluding carboxylic acids is 1. The van der Waals surface area contributed by atoms with Gasteiger partial charge in [-0.15, -0.1) is 0 Å². The van der Waals surface area contributed by atoms with Crippen LogP contribution in [0.2, 0.25) is 0 Å². The van der Waals surface area contributed by atoms with Gasteiger partial charge in [0.05, 0.1) is 24.8 Å². The molecule has 0 saturated carbocycles. The van der Waals surface area contributed by atoms with Gasteiger partial charge >= 0.3 is 5.97 Å². The summed E-state index contributed by atoms with van der Waals surface area (Å²) in [5.41, 5.74) is 3.54. The third-order valence-electron chi connectivity index (χ3n) is 3.90. The normalized spacial score (nSPS) is 11.3. The Morgan fingerprint density at radius 1 is 1.24 bits per heavy atom. The molecule has 5 heteroatoms. The van der Waals surface area contributed by atoms with E-state index < -0.39 is 0 Å². The van der Waals surface area contributed by atoms with Crippen molar-refractivity contribution in [3.8, 4) is 11.8 Å². The molecule has 2 aromatic rings. The topological polar surface area (TPSA) is 71.3 Å². The first kappa shape index (κ1) is 18.3. The van der Waals surface area contributed by atoms with Crippen LogP contribution in [0.5, 0.6) is 5.75 Å². The molecule has 5 nitrogen and oxygen atoms in total. The molecule has 25 heavy (non-hydrogen) atoms. The minimum absolute atomic E-state index is 0.201. The molecule has 0 aliphatic rings. The molecule has 0 aliphatic carbocycles. The van der Waals surface area contributed by atoms with Gasteiger partial charge in [0.15, 0.2) is 0 Å². The van der Waals surface area contributed by atoms with E-state index in [-0.39, 0.29) is 18.6 Å². The number of nitriles is 1. The Kier molecular flexibility index (Phi) is 6.41. The van der Waals surface area contributed by atoms with Crippen LogP contribution in [0.4, 0.5) is 5.69 Å². The number of hydrogen-bond donors (Lipinski definition) is 1. The third-order valence-corrected chi connectivity index (χ3v) is 3.90. The molecule has 1 unspecified atom stereocenters. The average molecular weight is 338 g/mol. The summed E-state index contributed by atoms with van der Waals surface area (Å²) in [6, 6.07) is 15.0. The molecule has 0 aromatic heterocycles. The standard InChI is InChI=1S/C20H22N2O3/c1-4-16-11-17(7-10-20(16)24-3)19(13-25-14(2)23)22-18-8-5-15(12-21)6-9-18/h5-11,19,22H,4,13H2,1-3H3. The number of ether oxygens (including phenoxy) is 2. The number of benzene rings is 2. The fourth-order valence-electron chi connectivity index (χ4n) is 2.56. The number of anilines is 1. The van der Waals surface area contributed by atoms with E-state index in [0.717, 1.165) is 29.0 Å². The van der Waals surface area contributed by atoms with E-state index in [0.29, 0.717) is 5.56 Å². The van der Waals surface area contributed by atoms with E-state index >= 15 is 0 Å². The van der Waals surface area contributed by atoms with E-state index in [1.54, 1.807) is 19.2 Å². The molecule has 1 atom stereocenters. The molecule has 0 amide bonds. The maximum Gasteiger partial charge on any atom is 0.302 e. The van der Waals surface area contributed by atoms with Crippen LogP contribution in [0, 0.1) is 11.3 Å². The zero-order valence-corrected chi connectivity index (χ0v) is 14.7. The smallest absolute Gasteiger partial charge is 0.302 e. The summed E-state index contributed by atoms with van der Waals surface area (Å²) >= 11 is 0. The van der Waals surface area contributed by atoms with Crippen molar-refractivity contribution in [2.75, 3.05) is 19.0 Å². The van der Waals surface area contributed by atoms with Crippen LogP contribution in [0.1, 0.15) is 36.6 Å². The summed E-state index contributed by atoms with van der Waals surface area (Å²) in [5, 5.41) is 12.3. The first-order valence-corrected chi connectivity index (χ1v) is 8.14. The highest BCUT2D eigenvalue weighted by Gasteiger charge is 2.15. The number of nitrogens with one attached hydrogen (secondary N) is 1. The highest BCUT2D eigenvalue weighted by atomic mass is 16.5. The van der Waals surface area contributed by atoms with Gasteiger partial charge in [0.2, 0.25) is 0 Å². The molecule has 0 saturated heterocycles. The van der Waals surface area contributed by atoms with Crippen molar-refractivity contribution in [3.05, 3.63) is 59.2 Å². The zero-order chi connectivity index (χ0) is 18.2. The second-order valence-corrected chi connectivity index (χ2v) is 5.61. The number of esters is 1. The Bertz CT molecular complexity index is 764. The molecule has 130 valence electrons. The highest BCUT2D eigenvalue weighted by molar-refractivity contribution is 5.66. The second-order valence-electron chi connectivity index (χ2n) is 5.61. The maximum atomic E-state index is 11.2. The van der Waals surface area contributed by atoms with E-state index in [1.165, 1.54) is 6.92 Å². The fraction of sp³-hybridized carbons (Fsp3) is 0.300. The number of rotatable bonds is 7. The van der Waals surface area contributed by atoms with Gasteiger partial charge in [0.1, 0.15) is 12.4 Å². The molecule has 0 bridgehead atoms. The minimum Gasteiger partial charge on any atom is -0.496 e. The number of methoxy groups -OCH3 is 1. The van der Waals surface area contributed by atoms with Gasteiger partial charge in [0, 0.05) is 12.6 Å². The minimum atomic E-state index is -0.323. The summed E-state index contributed by atoms with van der Waals surface area (Å²) in [6.07, 6.45) is 0.841. The molecular weight excluding hydrogens is 316 g/mol. The lowest BCUT2D eigenvalue weighted by molar-refractivity contribution is -0.141. The van der Waals surface area contributed by atoms with Crippen molar-refractivity contribution in [2.45, 2.75) is 26.3 Å². The molecular formula is C20H22N2O3. The largest absolute Gasteiger partial charge is 0.496 e. The van der Waals surface area contributed by atoms with Crippen LogP contribution >= 0.6 is 0 Å². The summed E-state index contributed by atoms with van der Waals surface area (Å²) in [6.45, 7) is 3.67. The molecule has 0 radical (unpaired) electrons. The van der Waals surface area contributed by atoms with Crippen LogP contribution < -0.4 is 10.1 Å². The van der Waals surface area contributed by atoms with Gasteiger partial charge in [-0.3, -0.25) is 4.79 Å². The Morgan fingerprint density at radius 2 is 1.96 bits per heavy atom. The molecule has 0 heterocycles. The maximum absolute atomic E-state index is 11.2. The summed E-state index contributed by atoms with van der Waals surface area (Å²) in [4.78, 5) is 11.2. The number of nitrogens with zero attached hydrogens (tertiary/aromatic N) is 1. The van der Waals surface area contributed by atoms with Crippen LogP contribution in [-0.2, 0) is 16.0 Å². The lowest BCUT2D eigenvalue weighted by Crippen LogP contribution is -2.19. The Morgan fingerprint density at radius 3 is 2.52 bits per heavy atom. The van der Waals surface area contributed by atoms with Crippen LogP contribution in [-0.4, -0.2) is 19.7 Å². The van der Waals surface area contributed by atoms with E-state index in [4.69, 9.17) is 14.7 Å². The van der Waals surface area contributed by atoms with Crippen molar-refractivity contribution in [1.29, 1.82) is 5.26 Å². The third kappa shape index (κ3) is 4.98. The molecule has 2 rings (SSSR count). The van der Waals surface area contributed by atoms with Crippen LogP contribution in [0.3, 0.4) is 0 Å². The van der Waals surface area contributed by atoms with E-state index in [1.807, 2.05) is 24.3 Å². The first-order chi connectivity index (χ1) is 12.1. The zero-order valence-electron chi connectivity index (χ0n) is 14.7. The SMILES string of the molecule is CCc1cc(C(COC(C)=O)Nc2ccc(C#N)cc2)ccc1OC. The molecule has 0 aliphatic heterocycles. The second kappa shape index (κ2) is 8.74. The fourth-order valence-corrected chi connectivity index (χ4v) is 2.56. The van der Waals surface area contributed by atoms with Crippen LogP contribution in [0.25, 0.3) is 0 Å². The van der Waals surface area contributed by atoms with Crippen molar-refractivity contribution >= 4 is 11.7 Å². The van der Waals surface area contributed by atoms with Crippen molar-refractivity contribution in [1.82, 2.24) is 0 Å². The Hall–Kier alpha value is -3.00. The van der Waals surface area contributed by atoms with Gasteiger partial charge in [-0.2, -0.15) is 5.26 Å². The Balaban J connectivity index is 2.28. The molecule has 2 aromatic carbocycles. The number of carbonyl (C=O) groups is 1. The average Bonchev–Trinajstić information content (AvgIpc) is 2.64. The molecule has 0 fully saturated rings. The number of hydrogen-bond acceptors (Lipinski definition) is 5. The predicted molar refractivity (Wildman–Crippen MR) is 96.5 cm³/mol. The monoisotopic (exact) mass is 338 g/mol. The molecule has 0 spiro atoms. The van der Waals surface area contributed by atoms with Crippen LogP contribution in [0.15, 0.2) is 42.5 Å². The van der Waals surface area contributed by atoms with Gasteiger partial charge in [-0.1, -0.05) is 13.0 Å². The summed E-state index contributed by atoms with van der Waals surface area (Å²) < 4.78 is 10.6. The van der Waals surface area contributed by atoms with Crippen molar-refractivity contribution in [2.24, 2.45) is 0 Å². The van der Waals surface area contributed by atoms with Gasteiger partial charge in [0.25, 0.3) is 0 Å². The highest BCUT2D eigenvalue weighted by Crippen LogP contribution is 2.26. The quantitative estimate of drug-likeness (QED) is 0.777. The van der Waals surface area contributed by atoms with Gasteiger partial charge < -0.3 is 14.8 Å². The summed E-state index contributed by atoms with van der Waals surface area (Å²) in [7, 11) is 1.65. The van der Waals surface area contributed by atoms with Crippen molar-refractivity contribution < 1.29 is 14.3 Å². The van der Waals surface area contributed by atoms with Gasteiger partial charge in [-0.25, -0.2) is 0 Å². The number of aryl methyl sites for hydroxylation is 1. The predicted octanol–water partition coefficient (Wildman–Crippen LogP) is 3.85. The Labute approximate surface area is 148 Å². The van der Waals surface area contributed by atoms with E-state index in [2.05, 4.69) is 24.4 Å². The lowest BCUT2D eigenvalue weighted by atomic mass is 10.0. The first-order valence-electron chi connectivity index (χ1n) is 8.14. The lowest BCUT2D eigenvalue weighted by Gasteiger charge is -2.21. The van der Waals surface area contributed by atoms with Crippen molar-refractivity contribution in [3.63, 3.8) is 0 Å². The van der Waals surface area contributed by atoms with Gasteiger partial charge in [-0.05, 0) is 53.9 Å².